The number of hydrogen-bond donors (Lipinski definition) is 0. The minimum atomic E-state index is 0.648. The second-order valence-electron chi connectivity index (χ2n) is 12.2. The average Bonchev–Trinajstić information content (AvgIpc) is 3.57. The fourth-order valence-electron chi connectivity index (χ4n) is 7.13. The highest BCUT2D eigenvalue weighted by Crippen LogP contribution is 2.51. The van der Waals surface area contributed by atoms with Crippen molar-refractivity contribution in [1.82, 2.24) is 19.9 Å². The molecule has 3 heterocycles. The molecule has 0 bridgehead atoms. The summed E-state index contributed by atoms with van der Waals surface area (Å²) < 4.78 is 1.21. The quantitative estimate of drug-likeness (QED) is 0.179. The summed E-state index contributed by atoms with van der Waals surface area (Å²) in [5.74, 6) is 1.95. The van der Waals surface area contributed by atoms with Crippen molar-refractivity contribution in [3.05, 3.63) is 158 Å². The summed E-state index contributed by atoms with van der Waals surface area (Å²) >= 11 is 1.84. The second kappa shape index (κ2) is 11.2. The van der Waals surface area contributed by atoms with E-state index in [0.717, 1.165) is 49.4 Å². The van der Waals surface area contributed by atoms with Crippen molar-refractivity contribution in [2.75, 3.05) is 0 Å². The minimum Gasteiger partial charge on any atom is -0.247 e. The monoisotopic (exact) mass is 642 g/mol. The van der Waals surface area contributed by atoms with E-state index in [0.29, 0.717) is 17.5 Å². The van der Waals surface area contributed by atoms with Crippen molar-refractivity contribution in [1.29, 1.82) is 0 Å². The molecule has 10 rings (SSSR count). The van der Waals surface area contributed by atoms with E-state index < -0.39 is 0 Å². The van der Waals surface area contributed by atoms with Crippen molar-refractivity contribution < 1.29 is 0 Å². The summed E-state index contributed by atoms with van der Waals surface area (Å²) in [6, 6.07) is 54.8. The lowest BCUT2D eigenvalue weighted by atomic mass is 9.89. The number of para-hydroxylation sites is 1. The van der Waals surface area contributed by atoms with E-state index in [1.807, 2.05) is 47.7 Å². The molecule has 8 aromatic rings. The molecule has 49 heavy (non-hydrogen) atoms. The van der Waals surface area contributed by atoms with Gasteiger partial charge in [-0.15, -0.1) is 11.3 Å². The maximum Gasteiger partial charge on any atom is 0.165 e. The zero-order valence-corrected chi connectivity index (χ0v) is 27.0. The molecular weight excluding hydrogens is 617 g/mol. The SMILES string of the molecule is c1ccc(-c2nc(-c3ccccc3)nc(-c3c4ccccc4c(-c4sc5ccccc5c5nc6ccccc6c4-5)c4ccccc34)n2)cc1. The van der Waals surface area contributed by atoms with Crippen LogP contribution >= 0.6 is 11.3 Å². The maximum atomic E-state index is 5.21. The summed E-state index contributed by atoms with van der Waals surface area (Å²) in [6.45, 7) is 0. The summed E-state index contributed by atoms with van der Waals surface area (Å²) in [5.41, 5.74) is 7.35. The molecular formula is C44H26N4S. The van der Waals surface area contributed by atoms with Crippen LogP contribution in [0.25, 0.3) is 98.4 Å². The van der Waals surface area contributed by atoms with Crippen molar-refractivity contribution in [3.8, 4) is 55.9 Å². The van der Waals surface area contributed by atoms with E-state index in [4.69, 9.17) is 19.9 Å². The van der Waals surface area contributed by atoms with Gasteiger partial charge in [-0.1, -0.05) is 146 Å². The van der Waals surface area contributed by atoms with E-state index in [-0.39, 0.29) is 0 Å². The largest absolute Gasteiger partial charge is 0.247 e. The van der Waals surface area contributed by atoms with Crippen molar-refractivity contribution >= 4 is 53.9 Å². The molecule has 0 N–H and O–H groups in total. The summed E-state index contributed by atoms with van der Waals surface area (Å²) in [6.07, 6.45) is 0. The fraction of sp³-hybridized carbons (Fsp3) is 0. The Bertz CT molecular complexity index is 2710. The molecule has 0 fully saturated rings. The van der Waals surface area contributed by atoms with Gasteiger partial charge in [0.1, 0.15) is 0 Å². The molecule has 2 aliphatic heterocycles. The Morgan fingerprint density at radius 3 is 1.37 bits per heavy atom. The smallest absolute Gasteiger partial charge is 0.165 e. The highest BCUT2D eigenvalue weighted by molar-refractivity contribution is 7.22. The van der Waals surface area contributed by atoms with Gasteiger partial charge in [-0.2, -0.15) is 0 Å². The van der Waals surface area contributed by atoms with Gasteiger partial charge < -0.3 is 0 Å². The van der Waals surface area contributed by atoms with Crippen LogP contribution in [-0.2, 0) is 0 Å². The third-order valence-electron chi connectivity index (χ3n) is 9.31. The van der Waals surface area contributed by atoms with Crippen LogP contribution in [0.4, 0.5) is 0 Å². The topological polar surface area (TPSA) is 51.6 Å². The first-order valence-electron chi connectivity index (χ1n) is 16.3. The van der Waals surface area contributed by atoms with Gasteiger partial charge in [0, 0.05) is 48.2 Å². The van der Waals surface area contributed by atoms with Gasteiger partial charge in [0.15, 0.2) is 17.5 Å². The second-order valence-corrected chi connectivity index (χ2v) is 13.2. The molecule has 0 saturated heterocycles. The van der Waals surface area contributed by atoms with Crippen LogP contribution in [0.2, 0.25) is 0 Å². The van der Waals surface area contributed by atoms with Crippen LogP contribution in [0.1, 0.15) is 0 Å². The normalized spacial score (nSPS) is 11.7. The van der Waals surface area contributed by atoms with Crippen LogP contribution in [0, 0.1) is 0 Å². The number of rotatable bonds is 4. The number of fused-ring (bicyclic) bond motifs is 7. The molecule has 0 amide bonds. The van der Waals surface area contributed by atoms with E-state index in [1.54, 1.807) is 0 Å². The van der Waals surface area contributed by atoms with Crippen LogP contribution in [0.15, 0.2) is 158 Å². The first kappa shape index (κ1) is 27.8. The van der Waals surface area contributed by atoms with E-state index in [2.05, 4.69) is 121 Å². The predicted molar refractivity (Wildman–Crippen MR) is 204 cm³/mol. The minimum absolute atomic E-state index is 0.648. The Morgan fingerprint density at radius 2 is 0.776 bits per heavy atom. The standard InChI is InChI=1S/C44H26N4S/c1-3-15-27(16-4-1)42-46-43(28-17-5-2-6-18-28)48-44(47-42)38-31-21-9-7-19-29(31)37(30-20-8-10-22-32(30)38)41-39-33-23-11-13-25-35(33)45-40(39)34-24-12-14-26-36(34)49-41/h1-26H. The molecule has 0 spiro atoms. The molecule has 2 aliphatic rings. The Hall–Kier alpha value is -6.30. The lowest BCUT2D eigenvalue weighted by Crippen LogP contribution is -2.01. The lowest BCUT2D eigenvalue weighted by molar-refractivity contribution is 1.08. The number of benzene rings is 7. The first-order valence-corrected chi connectivity index (χ1v) is 17.1. The molecule has 0 saturated carbocycles. The molecule has 0 unspecified atom stereocenters. The molecule has 0 aliphatic carbocycles. The highest BCUT2D eigenvalue weighted by Gasteiger charge is 2.26. The Labute approximate surface area is 286 Å². The molecule has 228 valence electrons. The Balaban J connectivity index is 1.34. The zero-order chi connectivity index (χ0) is 32.3. The predicted octanol–water partition coefficient (Wildman–Crippen LogP) is 11.7. The molecule has 4 nitrogen and oxygen atoms in total. The third-order valence-corrected chi connectivity index (χ3v) is 10.5. The lowest BCUT2D eigenvalue weighted by Gasteiger charge is -2.19. The summed E-state index contributed by atoms with van der Waals surface area (Å²) in [4.78, 5) is 21.8. The average molecular weight is 643 g/mol. The van der Waals surface area contributed by atoms with Crippen LogP contribution < -0.4 is 0 Å². The number of hydrogen-bond acceptors (Lipinski definition) is 5. The number of nitrogens with zero attached hydrogens (tertiary/aromatic N) is 4. The van der Waals surface area contributed by atoms with Crippen LogP contribution in [0.5, 0.6) is 0 Å². The molecule has 0 atom stereocenters. The Kier molecular flexibility index (Phi) is 6.32. The fourth-order valence-corrected chi connectivity index (χ4v) is 8.41. The van der Waals surface area contributed by atoms with Gasteiger partial charge in [0.05, 0.1) is 11.2 Å². The van der Waals surface area contributed by atoms with Crippen molar-refractivity contribution in [3.63, 3.8) is 0 Å². The van der Waals surface area contributed by atoms with Gasteiger partial charge in [-0.25, -0.2) is 19.9 Å². The van der Waals surface area contributed by atoms with Gasteiger partial charge in [-0.3, -0.25) is 0 Å². The van der Waals surface area contributed by atoms with E-state index in [9.17, 15) is 0 Å². The van der Waals surface area contributed by atoms with Crippen LogP contribution in [-0.4, -0.2) is 19.9 Å². The zero-order valence-electron chi connectivity index (χ0n) is 26.2. The van der Waals surface area contributed by atoms with Crippen LogP contribution in [0.3, 0.4) is 0 Å². The van der Waals surface area contributed by atoms with Crippen molar-refractivity contribution in [2.45, 2.75) is 0 Å². The molecule has 5 heteroatoms. The van der Waals surface area contributed by atoms with E-state index >= 15 is 0 Å². The first-order chi connectivity index (χ1) is 24.3. The van der Waals surface area contributed by atoms with Gasteiger partial charge >= 0.3 is 0 Å². The number of aromatic nitrogens is 4. The maximum absolute atomic E-state index is 5.21. The van der Waals surface area contributed by atoms with E-state index in [1.165, 1.54) is 31.5 Å². The van der Waals surface area contributed by atoms with Gasteiger partial charge in [0.2, 0.25) is 0 Å². The molecule has 0 radical (unpaired) electrons. The highest BCUT2D eigenvalue weighted by atomic mass is 32.1. The third kappa shape index (κ3) is 4.44. The molecule has 7 aromatic carbocycles. The molecule has 1 aromatic heterocycles. The van der Waals surface area contributed by atoms with Crippen molar-refractivity contribution in [2.24, 2.45) is 0 Å². The summed E-state index contributed by atoms with van der Waals surface area (Å²) in [7, 11) is 0. The summed E-state index contributed by atoms with van der Waals surface area (Å²) in [5, 5.41) is 6.84. The Morgan fingerprint density at radius 1 is 0.327 bits per heavy atom. The van der Waals surface area contributed by atoms with Gasteiger partial charge in [-0.05, 0) is 33.7 Å². The van der Waals surface area contributed by atoms with Gasteiger partial charge in [0.25, 0.3) is 0 Å².